The minimum absolute atomic E-state index is 0.265. The van der Waals surface area contributed by atoms with Crippen molar-refractivity contribution < 1.29 is 27.3 Å². The Kier molecular flexibility index (Phi) is 4.17. The van der Waals surface area contributed by atoms with E-state index in [1.807, 2.05) is 0 Å². The van der Waals surface area contributed by atoms with Crippen LogP contribution in [0, 0.1) is 5.92 Å². The van der Waals surface area contributed by atoms with Crippen molar-refractivity contribution >= 4 is 16.8 Å². The molecular weight excluding hydrogens is 293 g/mol. The predicted molar refractivity (Wildman–Crippen MR) is 66.9 cm³/mol. The molecule has 0 aliphatic heterocycles. The third-order valence-electron chi connectivity index (χ3n) is 3.34. The van der Waals surface area contributed by atoms with Gasteiger partial charge in [-0.05, 0) is 42.5 Å². The molecule has 110 valence electrons. The Morgan fingerprint density at radius 2 is 1.95 bits per heavy atom. The number of carboxylic acid groups (broad SMARTS) is 1. The molecule has 1 N–H and O–H groups in total. The number of fused-ring (bicyclic) bond motifs is 1. The van der Waals surface area contributed by atoms with Gasteiger partial charge in [0.1, 0.15) is 0 Å². The summed E-state index contributed by atoms with van der Waals surface area (Å²) in [6.07, 6.45) is -2.17. The fraction of sp³-hybridized carbons (Fsp3) is 0.462. The zero-order valence-corrected chi connectivity index (χ0v) is 11.3. The molecule has 0 saturated heterocycles. The van der Waals surface area contributed by atoms with E-state index in [4.69, 9.17) is 5.11 Å². The van der Waals surface area contributed by atoms with Crippen LogP contribution in [0.3, 0.4) is 0 Å². The van der Waals surface area contributed by atoms with Crippen LogP contribution in [0.15, 0.2) is 23.1 Å². The Morgan fingerprint density at radius 3 is 2.55 bits per heavy atom. The van der Waals surface area contributed by atoms with E-state index in [0.717, 1.165) is 30.4 Å². The second-order valence-electron chi connectivity index (χ2n) is 4.73. The molecule has 0 amide bonds. The van der Waals surface area contributed by atoms with Gasteiger partial charge in [-0.25, -0.2) is 0 Å². The van der Waals surface area contributed by atoms with Crippen LogP contribution in [0.2, 0.25) is 0 Å². The van der Waals surface area contributed by atoms with Crippen molar-refractivity contribution in [2.45, 2.75) is 30.3 Å². The molecule has 0 spiro atoms. The van der Waals surface area contributed by atoms with E-state index in [0.29, 0.717) is 0 Å². The second-order valence-corrected chi connectivity index (χ2v) is 6.22. The van der Waals surface area contributed by atoms with Crippen molar-refractivity contribution in [2.24, 2.45) is 5.92 Å². The number of benzene rings is 1. The summed E-state index contributed by atoms with van der Waals surface area (Å²) in [7, 11) is -1.97. The molecule has 0 saturated carbocycles. The van der Waals surface area contributed by atoms with Crippen molar-refractivity contribution in [1.82, 2.24) is 0 Å². The SMILES string of the molecule is O=C(O)C(CS(=O)c1ccc2c(c1)CCC2)C(F)(F)F. The van der Waals surface area contributed by atoms with Crippen LogP contribution in [-0.4, -0.2) is 27.2 Å². The number of halogens is 3. The summed E-state index contributed by atoms with van der Waals surface area (Å²) in [4.78, 5) is 10.9. The molecule has 2 rings (SSSR count). The van der Waals surface area contributed by atoms with E-state index in [9.17, 15) is 22.2 Å². The highest BCUT2D eigenvalue weighted by molar-refractivity contribution is 7.85. The summed E-state index contributed by atoms with van der Waals surface area (Å²) >= 11 is 0. The highest BCUT2D eigenvalue weighted by Gasteiger charge is 2.46. The number of aryl methyl sites for hydroxylation is 2. The van der Waals surface area contributed by atoms with E-state index in [1.165, 1.54) is 6.07 Å². The molecule has 1 aliphatic rings. The Balaban J connectivity index is 2.17. The van der Waals surface area contributed by atoms with Crippen molar-refractivity contribution in [2.75, 3.05) is 5.75 Å². The summed E-state index contributed by atoms with van der Waals surface area (Å²) in [5.74, 6) is -5.54. The van der Waals surface area contributed by atoms with Crippen LogP contribution >= 0.6 is 0 Å². The molecule has 1 aromatic rings. The lowest BCUT2D eigenvalue weighted by Crippen LogP contribution is -2.35. The Morgan fingerprint density at radius 1 is 1.30 bits per heavy atom. The second kappa shape index (κ2) is 5.55. The molecular formula is C13H13F3O3S. The monoisotopic (exact) mass is 306 g/mol. The third-order valence-corrected chi connectivity index (χ3v) is 4.76. The highest BCUT2D eigenvalue weighted by Crippen LogP contribution is 2.29. The molecule has 0 fully saturated rings. The van der Waals surface area contributed by atoms with Gasteiger partial charge in [-0.1, -0.05) is 6.07 Å². The number of aliphatic carboxylic acids is 1. The van der Waals surface area contributed by atoms with Crippen molar-refractivity contribution in [1.29, 1.82) is 0 Å². The molecule has 2 unspecified atom stereocenters. The Labute approximate surface area is 116 Å². The van der Waals surface area contributed by atoms with E-state index in [2.05, 4.69) is 0 Å². The maximum absolute atomic E-state index is 12.6. The molecule has 1 aromatic carbocycles. The van der Waals surface area contributed by atoms with E-state index < -0.39 is 34.6 Å². The van der Waals surface area contributed by atoms with Gasteiger partial charge in [0.15, 0.2) is 5.92 Å². The number of alkyl halides is 3. The third kappa shape index (κ3) is 3.20. The first kappa shape index (κ1) is 15.0. The molecule has 0 aromatic heterocycles. The van der Waals surface area contributed by atoms with Crippen molar-refractivity contribution in [3.8, 4) is 0 Å². The average Bonchev–Trinajstić information content (AvgIpc) is 2.80. The average molecular weight is 306 g/mol. The number of hydrogen-bond donors (Lipinski definition) is 1. The van der Waals surface area contributed by atoms with Gasteiger partial charge in [0.05, 0.1) is 16.6 Å². The zero-order chi connectivity index (χ0) is 14.9. The van der Waals surface area contributed by atoms with E-state index in [1.54, 1.807) is 12.1 Å². The lowest BCUT2D eigenvalue weighted by atomic mass is 10.1. The van der Waals surface area contributed by atoms with Gasteiger partial charge in [-0.2, -0.15) is 13.2 Å². The Bertz CT molecular complexity index is 554. The molecule has 2 atom stereocenters. The maximum atomic E-state index is 12.6. The van der Waals surface area contributed by atoms with Crippen LogP contribution in [0.5, 0.6) is 0 Å². The predicted octanol–water partition coefficient (Wildman–Crippen LogP) is 2.55. The fourth-order valence-corrected chi connectivity index (χ4v) is 3.56. The summed E-state index contributed by atoms with van der Waals surface area (Å²) < 4.78 is 49.6. The normalized spacial score (nSPS) is 17.6. The topological polar surface area (TPSA) is 54.4 Å². The molecule has 3 nitrogen and oxygen atoms in total. The summed E-state index contributed by atoms with van der Waals surface area (Å²) in [5.41, 5.74) is 2.12. The minimum Gasteiger partial charge on any atom is -0.481 e. The molecule has 20 heavy (non-hydrogen) atoms. The van der Waals surface area contributed by atoms with Crippen LogP contribution in [0.25, 0.3) is 0 Å². The fourth-order valence-electron chi connectivity index (χ4n) is 2.24. The number of rotatable bonds is 4. The lowest BCUT2D eigenvalue weighted by molar-refractivity contribution is -0.188. The first-order valence-corrected chi connectivity index (χ1v) is 7.40. The minimum atomic E-state index is -4.89. The Hall–Kier alpha value is -1.37. The smallest absolute Gasteiger partial charge is 0.403 e. The van der Waals surface area contributed by atoms with Crippen molar-refractivity contribution in [3.05, 3.63) is 29.3 Å². The first-order valence-electron chi connectivity index (χ1n) is 6.08. The van der Waals surface area contributed by atoms with Crippen LogP contribution in [0.4, 0.5) is 13.2 Å². The van der Waals surface area contributed by atoms with Gasteiger partial charge in [-0.3, -0.25) is 9.00 Å². The molecule has 0 radical (unpaired) electrons. The number of hydrogen-bond acceptors (Lipinski definition) is 2. The molecule has 0 heterocycles. The van der Waals surface area contributed by atoms with Gasteiger partial charge < -0.3 is 5.11 Å². The van der Waals surface area contributed by atoms with Gasteiger partial charge in [0, 0.05) is 4.90 Å². The molecule has 1 aliphatic carbocycles. The number of carbonyl (C=O) groups is 1. The van der Waals surface area contributed by atoms with Gasteiger partial charge in [0.2, 0.25) is 0 Å². The van der Waals surface area contributed by atoms with Gasteiger partial charge in [0.25, 0.3) is 0 Å². The highest BCUT2D eigenvalue weighted by atomic mass is 32.2. The summed E-state index contributed by atoms with van der Waals surface area (Å²) in [5, 5.41) is 8.61. The molecule has 0 bridgehead atoms. The van der Waals surface area contributed by atoms with Crippen LogP contribution < -0.4 is 0 Å². The van der Waals surface area contributed by atoms with E-state index >= 15 is 0 Å². The van der Waals surface area contributed by atoms with Gasteiger partial charge >= 0.3 is 12.1 Å². The quantitative estimate of drug-likeness (QED) is 0.930. The largest absolute Gasteiger partial charge is 0.481 e. The van der Waals surface area contributed by atoms with Crippen LogP contribution in [0.1, 0.15) is 17.5 Å². The van der Waals surface area contributed by atoms with Crippen LogP contribution in [-0.2, 0) is 28.4 Å². The number of carboxylic acids is 1. The van der Waals surface area contributed by atoms with Crippen molar-refractivity contribution in [3.63, 3.8) is 0 Å². The van der Waals surface area contributed by atoms with E-state index in [-0.39, 0.29) is 4.90 Å². The standard InChI is InChI=1S/C13H13F3O3S/c14-13(15,16)11(12(17)18)7-20(19)10-5-4-8-2-1-3-9(8)6-10/h4-6,11H,1-3,7H2,(H,17,18). The van der Waals surface area contributed by atoms with Gasteiger partial charge in [-0.15, -0.1) is 0 Å². The summed E-state index contributed by atoms with van der Waals surface area (Å²) in [6.45, 7) is 0. The first-order chi connectivity index (χ1) is 9.29. The zero-order valence-electron chi connectivity index (χ0n) is 10.4. The lowest BCUT2D eigenvalue weighted by Gasteiger charge is -2.15. The maximum Gasteiger partial charge on any atom is 0.403 e. The molecule has 7 heteroatoms. The summed E-state index contributed by atoms with van der Waals surface area (Å²) in [6, 6.07) is 4.92.